The van der Waals surface area contributed by atoms with Gasteiger partial charge in [0, 0.05) is 11.6 Å². The Kier molecular flexibility index (Phi) is 2.51. The molecule has 2 aromatic rings. The number of nitro benzene ring substituents is 1. The quantitative estimate of drug-likeness (QED) is 0.473. The molecule has 0 aliphatic carbocycles. The maximum Gasteiger partial charge on any atom is 0.427 e. The molecular formula is C10H10N3O4+. The first-order chi connectivity index (χ1) is 7.99. The van der Waals surface area contributed by atoms with E-state index in [0.29, 0.717) is 5.69 Å². The second-order valence-corrected chi connectivity index (χ2v) is 3.68. The van der Waals surface area contributed by atoms with E-state index >= 15 is 0 Å². The van der Waals surface area contributed by atoms with E-state index in [0.717, 1.165) is 11.1 Å². The zero-order chi connectivity index (χ0) is 12.6. The summed E-state index contributed by atoms with van der Waals surface area (Å²) >= 11 is 0. The van der Waals surface area contributed by atoms with Gasteiger partial charge in [0.2, 0.25) is 5.69 Å². The van der Waals surface area contributed by atoms with Gasteiger partial charge in [-0.1, -0.05) is 0 Å². The molecule has 7 heteroatoms. The molecule has 0 saturated heterocycles. The number of nitrogens with one attached hydrogen (secondary N) is 1. The topological polar surface area (TPSA) is 93.0 Å². The number of hydrogen-bond donors (Lipinski definition) is 1. The maximum atomic E-state index is 10.9. The number of H-pyrrole nitrogens is 1. The molecule has 1 aromatic carbocycles. The molecule has 2 rings (SSSR count). The van der Waals surface area contributed by atoms with Gasteiger partial charge in [0.1, 0.15) is 0 Å². The average Bonchev–Trinajstić information content (AvgIpc) is 2.68. The number of rotatable bonds is 2. The Hall–Kier alpha value is -2.44. The van der Waals surface area contributed by atoms with Crippen LogP contribution in [-0.2, 0) is 0 Å². The zero-order valence-corrected chi connectivity index (χ0v) is 9.26. The Balaban J connectivity index is 2.68. The van der Waals surface area contributed by atoms with Gasteiger partial charge in [-0.3, -0.25) is 14.6 Å². The Morgan fingerprint density at radius 1 is 1.41 bits per heavy atom. The molecule has 0 bridgehead atoms. The van der Waals surface area contributed by atoms with E-state index in [4.69, 9.17) is 0 Å². The third-order valence-electron chi connectivity index (χ3n) is 2.57. The summed E-state index contributed by atoms with van der Waals surface area (Å²) in [5.41, 5.74) is 1.54. The lowest BCUT2D eigenvalue weighted by molar-refractivity contribution is -0.670. The smallest absolute Gasteiger partial charge is 0.283 e. The number of aromatic amines is 1. The fraction of sp³-hybridized carbons (Fsp3) is 0.200. The predicted octanol–water partition coefficient (Wildman–Crippen LogP) is 0.770. The summed E-state index contributed by atoms with van der Waals surface area (Å²) in [4.78, 5) is 21.2. The van der Waals surface area contributed by atoms with Gasteiger partial charge in [-0.25, -0.2) is 4.79 Å². The summed E-state index contributed by atoms with van der Waals surface area (Å²) in [6.07, 6.45) is 1.19. The lowest BCUT2D eigenvalue weighted by atomic mass is 10.1. The Morgan fingerprint density at radius 3 is 2.65 bits per heavy atom. The summed E-state index contributed by atoms with van der Waals surface area (Å²) in [6.45, 7) is 3.58. The minimum absolute atomic E-state index is 0.0300. The number of hydrogen-bond acceptors (Lipinski definition) is 4. The molecule has 17 heavy (non-hydrogen) atoms. The van der Waals surface area contributed by atoms with Crippen molar-refractivity contribution in [3.63, 3.8) is 0 Å². The molecule has 0 unspecified atom stereocenters. The summed E-state index contributed by atoms with van der Waals surface area (Å²) in [5, 5.41) is 13.1. The van der Waals surface area contributed by atoms with Gasteiger partial charge in [0.05, 0.1) is 11.0 Å². The van der Waals surface area contributed by atoms with E-state index in [2.05, 4.69) is 9.79 Å². The summed E-state index contributed by atoms with van der Waals surface area (Å²) in [7, 11) is 0. The molecule has 1 aromatic heterocycles. The maximum absolute atomic E-state index is 10.9. The summed E-state index contributed by atoms with van der Waals surface area (Å²) < 4.78 is 5.84. The first kappa shape index (κ1) is 11.1. The van der Waals surface area contributed by atoms with E-state index < -0.39 is 10.5 Å². The fourth-order valence-corrected chi connectivity index (χ4v) is 1.55. The average molecular weight is 236 g/mol. The molecular weight excluding hydrogens is 226 g/mol. The molecule has 1 heterocycles. The standard InChI is InChI=1S/C10H9N3O4/c1-6-3-8(13(15)16)4-9(7(6)2)12-5-10(14)17-11-12/h3-5H,1-2H3/p+1. The van der Waals surface area contributed by atoms with E-state index in [1.807, 2.05) is 6.92 Å². The van der Waals surface area contributed by atoms with E-state index in [1.165, 1.54) is 23.0 Å². The van der Waals surface area contributed by atoms with E-state index in [1.54, 1.807) is 6.92 Å². The molecule has 0 fully saturated rings. The van der Waals surface area contributed by atoms with Gasteiger partial charge < -0.3 is 0 Å². The first-order valence-electron chi connectivity index (χ1n) is 4.85. The molecule has 1 N–H and O–H groups in total. The van der Waals surface area contributed by atoms with Gasteiger partial charge >= 0.3 is 5.63 Å². The molecule has 0 amide bonds. The zero-order valence-electron chi connectivity index (χ0n) is 9.26. The number of aromatic nitrogens is 2. The van der Waals surface area contributed by atoms with Crippen LogP contribution in [0.25, 0.3) is 5.69 Å². The SMILES string of the molecule is Cc1cc([N+](=O)[O-])cc(-[n+]2cc(=O)o[nH]2)c1C. The normalized spacial score (nSPS) is 10.5. The highest BCUT2D eigenvalue weighted by molar-refractivity contribution is 5.48. The highest BCUT2D eigenvalue weighted by Gasteiger charge is 2.20. The highest BCUT2D eigenvalue weighted by Crippen LogP contribution is 2.21. The monoisotopic (exact) mass is 236 g/mol. The predicted molar refractivity (Wildman–Crippen MR) is 57.0 cm³/mol. The first-order valence-corrected chi connectivity index (χ1v) is 4.85. The second kappa shape index (κ2) is 3.85. The van der Waals surface area contributed by atoms with Gasteiger partial charge in [-0.2, -0.15) is 0 Å². The lowest BCUT2D eigenvalue weighted by Crippen LogP contribution is -2.33. The van der Waals surface area contributed by atoms with Crippen molar-refractivity contribution < 1.29 is 14.1 Å². The Labute approximate surface area is 95.4 Å². The molecule has 88 valence electrons. The number of benzene rings is 1. The van der Waals surface area contributed by atoms with Crippen molar-refractivity contribution >= 4 is 5.69 Å². The van der Waals surface area contributed by atoms with Crippen LogP contribution in [0.5, 0.6) is 0 Å². The van der Waals surface area contributed by atoms with Crippen LogP contribution in [0.3, 0.4) is 0 Å². The van der Waals surface area contributed by atoms with Crippen LogP contribution >= 0.6 is 0 Å². The molecule has 7 nitrogen and oxygen atoms in total. The Bertz CT molecular complexity index is 641. The molecule has 0 atom stereocenters. The van der Waals surface area contributed by atoms with Crippen LogP contribution < -0.4 is 10.3 Å². The van der Waals surface area contributed by atoms with Crippen molar-refractivity contribution in [2.45, 2.75) is 13.8 Å². The number of nitro groups is 1. The van der Waals surface area contributed by atoms with Crippen molar-refractivity contribution in [3.8, 4) is 5.69 Å². The van der Waals surface area contributed by atoms with Gasteiger partial charge in [-0.15, -0.1) is 0 Å². The molecule has 0 radical (unpaired) electrons. The third kappa shape index (κ3) is 1.94. The summed E-state index contributed by atoms with van der Waals surface area (Å²) in [6, 6.07) is 2.87. The highest BCUT2D eigenvalue weighted by atomic mass is 16.6. The molecule has 0 aliphatic rings. The van der Waals surface area contributed by atoms with Crippen LogP contribution in [0, 0.1) is 24.0 Å². The van der Waals surface area contributed by atoms with Crippen molar-refractivity contribution in [2.24, 2.45) is 0 Å². The van der Waals surface area contributed by atoms with Crippen molar-refractivity contribution in [3.05, 3.63) is 50.0 Å². The van der Waals surface area contributed by atoms with Crippen molar-refractivity contribution in [2.75, 3.05) is 0 Å². The minimum atomic E-state index is -0.548. The van der Waals surface area contributed by atoms with Gasteiger partial charge in [0.25, 0.3) is 11.9 Å². The second-order valence-electron chi connectivity index (χ2n) is 3.68. The van der Waals surface area contributed by atoms with Gasteiger partial charge in [-0.05, 0) is 29.4 Å². The molecule has 0 saturated carbocycles. The van der Waals surface area contributed by atoms with E-state index in [9.17, 15) is 14.9 Å². The van der Waals surface area contributed by atoms with E-state index in [-0.39, 0.29) is 5.69 Å². The Morgan fingerprint density at radius 2 is 2.12 bits per heavy atom. The lowest BCUT2D eigenvalue weighted by Gasteiger charge is -2.00. The fourth-order valence-electron chi connectivity index (χ4n) is 1.55. The number of nitrogens with zero attached hydrogens (tertiary/aromatic N) is 2. The third-order valence-corrected chi connectivity index (χ3v) is 2.57. The van der Waals surface area contributed by atoms with Crippen LogP contribution in [0.4, 0.5) is 5.69 Å². The number of non-ortho nitro benzene ring substituents is 1. The van der Waals surface area contributed by atoms with Crippen LogP contribution in [0.1, 0.15) is 11.1 Å². The molecule has 0 aliphatic heterocycles. The largest absolute Gasteiger partial charge is 0.427 e. The van der Waals surface area contributed by atoms with Crippen molar-refractivity contribution in [1.82, 2.24) is 5.27 Å². The van der Waals surface area contributed by atoms with Crippen molar-refractivity contribution in [1.29, 1.82) is 0 Å². The minimum Gasteiger partial charge on any atom is -0.283 e. The van der Waals surface area contributed by atoms with Gasteiger partial charge in [0.15, 0.2) is 0 Å². The van der Waals surface area contributed by atoms with Crippen LogP contribution in [0.2, 0.25) is 0 Å². The summed E-state index contributed by atoms with van der Waals surface area (Å²) in [5.74, 6) is 0. The van der Waals surface area contributed by atoms with Crippen LogP contribution in [0.15, 0.2) is 27.6 Å². The molecule has 0 spiro atoms. The van der Waals surface area contributed by atoms with Crippen LogP contribution in [-0.4, -0.2) is 10.2 Å². The number of aryl methyl sites for hydroxylation is 1.